The van der Waals surface area contributed by atoms with Gasteiger partial charge in [-0.3, -0.25) is 9.59 Å². The van der Waals surface area contributed by atoms with Gasteiger partial charge in [-0.1, -0.05) is 38.1 Å². The number of hydrogen-bond donors (Lipinski definition) is 2. The van der Waals surface area contributed by atoms with E-state index in [0.717, 1.165) is 29.1 Å². The van der Waals surface area contributed by atoms with Gasteiger partial charge in [0.25, 0.3) is 0 Å². The van der Waals surface area contributed by atoms with Gasteiger partial charge in [0.1, 0.15) is 17.6 Å². The first kappa shape index (κ1) is 23.9. The minimum atomic E-state index is -0.530. The van der Waals surface area contributed by atoms with Crippen LogP contribution in [-0.2, 0) is 16.0 Å². The number of halogens is 1. The number of amides is 1. The number of Topliss-reactive ketones (excluding diaryl/α,β-unsaturated/α-hetero) is 1. The first-order valence-corrected chi connectivity index (χ1v) is 12.2. The maximum Gasteiger partial charge on any atom is 0.239 e. The maximum atomic E-state index is 13.5. The van der Waals surface area contributed by atoms with E-state index >= 15 is 0 Å². The molecule has 0 fully saturated rings. The highest BCUT2D eigenvalue weighted by Gasteiger charge is 2.42. The Hall–Kier alpha value is -3.87. The second-order valence-corrected chi connectivity index (χ2v) is 10.2. The molecule has 0 bridgehead atoms. The van der Waals surface area contributed by atoms with Gasteiger partial charge in [-0.25, -0.2) is 4.39 Å². The predicted molar refractivity (Wildman–Crippen MR) is 137 cm³/mol. The second-order valence-electron chi connectivity index (χ2n) is 10.2. The van der Waals surface area contributed by atoms with Crippen molar-refractivity contribution in [2.75, 3.05) is 23.3 Å². The molecule has 5 rings (SSSR count). The Morgan fingerprint density at radius 2 is 1.89 bits per heavy atom. The van der Waals surface area contributed by atoms with Gasteiger partial charge >= 0.3 is 0 Å². The molecule has 2 heterocycles. The molecule has 7 heteroatoms. The number of anilines is 2. The fourth-order valence-corrected chi connectivity index (χ4v) is 5.18. The van der Waals surface area contributed by atoms with Crippen LogP contribution in [0.25, 0.3) is 0 Å². The van der Waals surface area contributed by atoms with Gasteiger partial charge in [0, 0.05) is 24.2 Å². The van der Waals surface area contributed by atoms with Crippen molar-refractivity contribution in [2.45, 2.75) is 39.2 Å². The molecule has 1 unspecified atom stereocenters. The van der Waals surface area contributed by atoms with Gasteiger partial charge in [-0.05, 0) is 60.2 Å². The lowest BCUT2D eigenvalue weighted by atomic mass is 9.74. The van der Waals surface area contributed by atoms with Crippen LogP contribution in [0.3, 0.4) is 0 Å². The van der Waals surface area contributed by atoms with Crippen LogP contribution in [0.5, 0.6) is 0 Å². The SMILES string of the molecule is CC1(C)CC(=O)C2=C(C1)Nc1ccccc1N(CC(=O)NCCc1ccc(F)cc1)C2c1ccco1. The number of carbonyl (C=O) groups is 2. The summed E-state index contributed by atoms with van der Waals surface area (Å²) in [4.78, 5) is 28.7. The molecule has 3 aromatic rings. The highest BCUT2D eigenvalue weighted by atomic mass is 19.1. The third-order valence-electron chi connectivity index (χ3n) is 6.78. The number of rotatable bonds is 6. The van der Waals surface area contributed by atoms with E-state index in [1.807, 2.05) is 35.2 Å². The number of para-hydroxylation sites is 2. The lowest BCUT2D eigenvalue weighted by Gasteiger charge is -2.36. The summed E-state index contributed by atoms with van der Waals surface area (Å²) in [5.74, 6) is 0.225. The molecule has 2 aliphatic rings. The van der Waals surface area contributed by atoms with Crippen LogP contribution in [-0.4, -0.2) is 24.8 Å². The molecule has 0 saturated heterocycles. The van der Waals surface area contributed by atoms with E-state index < -0.39 is 6.04 Å². The van der Waals surface area contributed by atoms with Crippen molar-refractivity contribution in [3.63, 3.8) is 0 Å². The molecule has 0 saturated carbocycles. The molecule has 2 N–H and O–H groups in total. The zero-order valence-electron chi connectivity index (χ0n) is 20.5. The van der Waals surface area contributed by atoms with Crippen LogP contribution in [0.15, 0.2) is 82.6 Å². The number of furan rings is 1. The van der Waals surface area contributed by atoms with Crippen molar-refractivity contribution in [1.82, 2.24) is 5.32 Å². The molecule has 1 aliphatic carbocycles. The monoisotopic (exact) mass is 487 g/mol. The summed E-state index contributed by atoms with van der Waals surface area (Å²) in [7, 11) is 0. The number of ketones is 1. The standard InChI is InChI=1S/C29H30FN3O3/c1-29(2)16-22-27(24(34)17-29)28(25-8-5-15-36-25)33(23-7-4-3-6-21(23)32-22)18-26(35)31-14-13-19-9-11-20(30)12-10-19/h3-12,15,28,32H,13-14,16-18H2,1-2H3,(H,31,35). The molecule has 1 aliphatic heterocycles. The van der Waals surface area contributed by atoms with Crippen LogP contribution >= 0.6 is 0 Å². The van der Waals surface area contributed by atoms with E-state index in [1.165, 1.54) is 12.1 Å². The average molecular weight is 488 g/mol. The van der Waals surface area contributed by atoms with Gasteiger partial charge < -0.3 is 20.0 Å². The number of fused-ring (bicyclic) bond motifs is 1. The minimum absolute atomic E-state index is 0.0426. The summed E-state index contributed by atoms with van der Waals surface area (Å²) in [6, 6.07) is 17.2. The van der Waals surface area contributed by atoms with E-state index in [9.17, 15) is 14.0 Å². The molecule has 0 radical (unpaired) electrons. The Morgan fingerprint density at radius 1 is 1.11 bits per heavy atom. The van der Waals surface area contributed by atoms with Crippen LogP contribution in [0.4, 0.5) is 15.8 Å². The molecule has 2 aromatic carbocycles. The van der Waals surface area contributed by atoms with Crippen LogP contribution in [0.1, 0.15) is 44.1 Å². The fourth-order valence-electron chi connectivity index (χ4n) is 5.18. The van der Waals surface area contributed by atoms with Gasteiger partial charge in [-0.2, -0.15) is 0 Å². The van der Waals surface area contributed by atoms with Crippen molar-refractivity contribution in [2.24, 2.45) is 5.41 Å². The van der Waals surface area contributed by atoms with E-state index in [-0.39, 0.29) is 29.5 Å². The summed E-state index contributed by atoms with van der Waals surface area (Å²) in [5, 5.41) is 6.51. The second kappa shape index (κ2) is 9.64. The summed E-state index contributed by atoms with van der Waals surface area (Å²) in [6.45, 7) is 4.66. The van der Waals surface area contributed by atoms with Crippen molar-refractivity contribution in [1.29, 1.82) is 0 Å². The zero-order chi connectivity index (χ0) is 25.3. The van der Waals surface area contributed by atoms with Gasteiger partial charge in [-0.15, -0.1) is 0 Å². The largest absolute Gasteiger partial charge is 0.467 e. The normalized spacial score (nSPS) is 18.7. The molecule has 6 nitrogen and oxygen atoms in total. The van der Waals surface area contributed by atoms with E-state index in [0.29, 0.717) is 30.7 Å². The third kappa shape index (κ3) is 4.91. The molecule has 1 aromatic heterocycles. The Kier molecular flexibility index (Phi) is 6.39. The topological polar surface area (TPSA) is 74.6 Å². The zero-order valence-corrected chi connectivity index (χ0v) is 20.5. The minimum Gasteiger partial charge on any atom is -0.467 e. The number of nitrogens with zero attached hydrogens (tertiary/aromatic N) is 1. The molecule has 0 spiro atoms. The van der Waals surface area contributed by atoms with Crippen LogP contribution < -0.4 is 15.5 Å². The van der Waals surface area contributed by atoms with Crippen molar-refractivity contribution in [3.8, 4) is 0 Å². The molecule has 1 atom stereocenters. The highest BCUT2D eigenvalue weighted by Crippen LogP contribution is 2.48. The summed E-state index contributed by atoms with van der Waals surface area (Å²) in [6.07, 6.45) is 3.34. The number of carbonyl (C=O) groups excluding carboxylic acids is 2. The molecule has 36 heavy (non-hydrogen) atoms. The van der Waals surface area contributed by atoms with Crippen molar-refractivity contribution >= 4 is 23.1 Å². The number of hydrogen-bond acceptors (Lipinski definition) is 5. The Balaban J connectivity index is 1.46. The van der Waals surface area contributed by atoms with Gasteiger partial charge in [0.2, 0.25) is 5.91 Å². The summed E-state index contributed by atoms with van der Waals surface area (Å²) in [5.41, 5.74) is 3.98. The van der Waals surface area contributed by atoms with E-state index in [1.54, 1.807) is 24.5 Å². The number of allylic oxidation sites excluding steroid dienone is 1. The van der Waals surface area contributed by atoms with E-state index in [4.69, 9.17) is 4.42 Å². The fraction of sp³-hybridized carbons (Fsp3) is 0.310. The summed E-state index contributed by atoms with van der Waals surface area (Å²) < 4.78 is 19.0. The lowest BCUT2D eigenvalue weighted by molar-refractivity contribution is -0.120. The number of benzene rings is 2. The molecular weight excluding hydrogens is 457 g/mol. The smallest absolute Gasteiger partial charge is 0.239 e. The first-order chi connectivity index (χ1) is 17.3. The summed E-state index contributed by atoms with van der Waals surface area (Å²) >= 11 is 0. The third-order valence-corrected chi connectivity index (χ3v) is 6.78. The predicted octanol–water partition coefficient (Wildman–Crippen LogP) is 5.39. The van der Waals surface area contributed by atoms with Crippen molar-refractivity contribution < 1.29 is 18.4 Å². The first-order valence-electron chi connectivity index (χ1n) is 12.2. The van der Waals surface area contributed by atoms with E-state index in [2.05, 4.69) is 24.5 Å². The van der Waals surface area contributed by atoms with Crippen molar-refractivity contribution in [3.05, 3.63) is 95.3 Å². The molecule has 186 valence electrons. The Bertz CT molecular complexity index is 1300. The quantitative estimate of drug-likeness (QED) is 0.487. The van der Waals surface area contributed by atoms with Crippen LogP contribution in [0, 0.1) is 11.2 Å². The van der Waals surface area contributed by atoms with Gasteiger partial charge in [0.05, 0.1) is 24.2 Å². The Labute approximate surface area is 210 Å². The Morgan fingerprint density at radius 3 is 2.64 bits per heavy atom. The van der Waals surface area contributed by atoms with Crippen LogP contribution in [0.2, 0.25) is 0 Å². The maximum absolute atomic E-state index is 13.5. The molecular formula is C29H30FN3O3. The highest BCUT2D eigenvalue weighted by molar-refractivity contribution is 6.01. The lowest BCUT2D eigenvalue weighted by Crippen LogP contribution is -2.42. The van der Waals surface area contributed by atoms with Gasteiger partial charge in [0.15, 0.2) is 5.78 Å². The number of nitrogens with one attached hydrogen (secondary N) is 2. The average Bonchev–Trinajstić information content (AvgIpc) is 3.32. The molecule has 1 amide bonds.